The third-order valence-electron chi connectivity index (χ3n) is 4.54. The minimum absolute atomic E-state index is 0.173. The lowest BCUT2D eigenvalue weighted by molar-refractivity contribution is 0.211. The zero-order valence-electron chi connectivity index (χ0n) is 13.7. The molecule has 1 unspecified atom stereocenters. The lowest BCUT2D eigenvalue weighted by Crippen LogP contribution is -2.27. The fourth-order valence-corrected chi connectivity index (χ4v) is 3.21. The van der Waals surface area contributed by atoms with Crippen LogP contribution in [0, 0.1) is 0 Å². The lowest BCUT2D eigenvalue weighted by atomic mass is 9.85. The standard InChI is InChI=1S/C19H25N3/c1-19(2,3)16-5-4-15-13-22(18(11-20)17(15)10-16)12-14-6-8-21-9-7-14/h4-10,18H,11-13,20H2,1-3H3. The van der Waals surface area contributed by atoms with Crippen LogP contribution in [0.25, 0.3) is 0 Å². The molecule has 2 heterocycles. The highest BCUT2D eigenvalue weighted by Gasteiger charge is 2.30. The van der Waals surface area contributed by atoms with Gasteiger partial charge in [0.15, 0.2) is 0 Å². The van der Waals surface area contributed by atoms with E-state index in [4.69, 9.17) is 5.73 Å². The molecular weight excluding hydrogens is 270 g/mol. The Kier molecular flexibility index (Phi) is 4.02. The van der Waals surface area contributed by atoms with Gasteiger partial charge in [-0.25, -0.2) is 0 Å². The summed E-state index contributed by atoms with van der Waals surface area (Å²) in [7, 11) is 0. The lowest BCUT2D eigenvalue weighted by Gasteiger charge is -2.25. The highest BCUT2D eigenvalue weighted by molar-refractivity contribution is 5.40. The molecule has 1 aromatic carbocycles. The number of rotatable bonds is 3. The first-order chi connectivity index (χ1) is 10.5. The molecule has 0 spiro atoms. The van der Waals surface area contributed by atoms with Crippen molar-refractivity contribution in [2.24, 2.45) is 5.73 Å². The minimum Gasteiger partial charge on any atom is -0.329 e. The van der Waals surface area contributed by atoms with Gasteiger partial charge in [-0.2, -0.15) is 0 Å². The number of hydrogen-bond acceptors (Lipinski definition) is 3. The fourth-order valence-electron chi connectivity index (χ4n) is 3.21. The molecule has 22 heavy (non-hydrogen) atoms. The molecule has 3 rings (SSSR count). The number of fused-ring (bicyclic) bond motifs is 1. The summed E-state index contributed by atoms with van der Waals surface area (Å²) in [6, 6.07) is 11.4. The second-order valence-electron chi connectivity index (χ2n) is 7.18. The van der Waals surface area contributed by atoms with E-state index in [1.54, 1.807) is 0 Å². The topological polar surface area (TPSA) is 42.1 Å². The van der Waals surface area contributed by atoms with Gasteiger partial charge in [0.25, 0.3) is 0 Å². The second kappa shape index (κ2) is 5.82. The summed E-state index contributed by atoms with van der Waals surface area (Å²) in [6.07, 6.45) is 3.71. The first-order valence-electron chi connectivity index (χ1n) is 7.95. The van der Waals surface area contributed by atoms with E-state index in [0.717, 1.165) is 13.1 Å². The number of nitrogens with zero attached hydrogens (tertiary/aromatic N) is 2. The average molecular weight is 295 g/mol. The maximum absolute atomic E-state index is 6.10. The van der Waals surface area contributed by atoms with Crippen LogP contribution < -0.4 is 5.73 Å². The molecule has 2 N–H and O–H groups in total. The molecule has 1 aromatic heterocycles. The number of nitrogens with two attached hydrogens (primary N) is 1. The summed E-state index contributed by atoms with van der Waals surface area (Å²) >= 11 is 0. The van der Waals surface area contributed by atoms with Gasteiger partial charge in [-0.3, -0.25) is 9.88 Å². The van der Waals surface area contributed by atoms with Gasteiger partial charge in [-0.15, -0.1) is 0 Å². The third kappa shape index (κ3) is 2.92. The van der Waals surface area contributed by atoms with Crippen molar-refractivity contribution in [3.05, 3.63) is 65.0 Å². The van der Waals surface area contributed by atoms with Gasteiger partial charge in [0.1, 0.15) is 0 Å². The van der Waals surface area contributed by atoms with Crippen molar-refractivity contribution >= 4 is 0 Å². The maximum Gasteiger partial charge on any atom is 0.0480 e. The molecule has 1 aliphatic rings. The molecule has 0 aliphatic carbocycles. The van der Waals surface area contributed by atoms with Gasteiger partial charge < -0.3 is 5.73 Å². The Morgan fingerprint density at radius 1 is 1.18 bits per heavy atom. The van der Waals surface area contributed by atoms with Gasteiger partial charge in [0.05, 0.1) is 0 Å². The van der Waals surface area contributed by atoms with Crippen LogP contribution in [0.3, 0.4) is 0 Å². The van der Waals surface area contributed by atoms with Crippen LogP contribution in [0.1, 0.15) is 49.1 Å². The largest absolute Gasteiger partial charge is 0.329 e. The summed E-state index contributed by atoms with van der Waals surface area (Å²) in [5.74, 6) is 0. The highest BCUT2D eigenvalue weighted by Crippen LogP contribution is 2.36. The van der Waals surface area contributed by atoms with Crippen molar-refractivity contribution in [1.82, 2.24) is 9.88 Å². The molecule has 2 aromatic rings. The number of pyridine rings is 1. The van der Waals surface area contributed by atoms with E-state index >= 15 is 0 Å². The van der Waals surface area contributed by atoms with Crippen LogP contribution in [0.4, 0.5) is 0 Å². The first-order valence-corrected chi connectivity index (χ1v) is 7.95. The SMILES string of the molecule is CC(C)(C)c1ccc2c(c1)C(CN)N(Cc1ccncc1)C2. The molecular formula is C19H25N3. The quantitative estimate of drug-likeness (QED) is 0.943. The Morgan fingerprint density at radius 3 is 2.55 bits per heavy atom. The molecule has 3 heteroatoms. The first kappa shape index (κ1) is 15.2. The highest BCUT2D eigenvalue weighted by atomic mass is 15.2. The monoisotopic (exact) mass is 295 g/mol. The summed E-state index contributed by atoms with van der Waals surface area (Å²) in [5.41, 5.74) is 11.8. The van der Waals surface area contributed by atoms with Crippen LogP contribution in [0.2, 0.25) is 0 Å². The summed E-state index contributed by atoms with van der Waals surface area (Å²) in [6.45, 7) is 9.33. The summed E-state index contributed by atoms with van der Waals surface area (Å²) < 4.78 is 0. The molecule has 116 valence electrons. The zero-order chi connectivity index (χ0) is 15.7. The van der Waals surface area contributed by atoms with Crippen molar-refractivity contribution in [2.45, 2.75) is 45.3 Å². The zero-order valence-corrected chi connectivity index (χ0v) is 13.7. The van der Waals surface area contributed by atoms with E-state index in [1.165, 1.54) is 22.3 Å². The normalized spacial score (nSPS) is 18.5. The Bertz CT molecular complexity index is 643. The van der Waals surface area contributed by atoms with Crippen molar-refractivity contribution in [3.8, 4) is 0 Å². The van der Waals surface area contributed by atoms with Crippen molar-refractivity contribution in [3.63, 3.8) is 0 Å². The molecule has 3 nitrogen and oxygen atoms in total. The smallest absolute Gasteiger partial charge is 0.0480 e. The third-order valence-corrected chi connectivity index (χ3v) is 4.54. The van der Waals surface area contributed by atoms with Crippen LogP contribution in [0.5, 0.6) is 0 Å². The molecule has 0 radical (unpaired) electrons. The van der Waals surface area contributed by atoms with E-state index in [-0.39, 0.29) is 5.41 Å². The second-order valence-corrected chi connectivity index (χ2v) is 7.18. The molecule has 0 saturated heterocycles. The van der Waals surface area contributed by atoms with E-state index in [1.807, 2.05) is 12.4 Å². The minimum atomic E-state index is 0.173. The van der Waals surface area contributed by atoms with Gasteiger partial charge in [0, 0.05) is 38.1 Å². The van der Waals surface area contributed by atoms with Gasteiger partial charge >= 0.3 is 0 Å². The van der Waals surface area contributed by atoms with E-state index in [0.29, 0.717) is 12.6 Å². The molecule has 0 amide bonds. The van der Waals surface area contributed by atoms with E-state index in [2.05, 4.69) is 61.0 Å². The van der Waals surface area contributed by atoms with E-state index < -0.39 is 0 Å². The molecule has 0 fully saturated rings. The van der Waals surface area contributed by atoms with E-state index in [9.17, 15) is 0 Å². The Balaban J connectivity index is 1.88. The van der Waals surface area contributed by atoms with Gasteiger partial charge in [-0.1, -0.05) is 39.0 Å². The van der Waals surface area contributed by atoms with Crippen molar-refractivity contribution in [1.29, 1.82) is 0 Å². The maximum atomic E-state index is 6.10. The average Bonchev–Trinajstić information content (AvgIpc) is 2.83. The number of hydrogen-bond donors (Lipinski definition) is 1. The van der Waals surface area contributed by atoms with Crippen LogP contribution in [-0.2, 0) is 18.5 Å². The van der Waals surface area contributed by atoms with Crippen LogP contribution in [-0.4, -0.2) is 16.4 Å². The molecule has 0 saturated carbocycles. The van der Waals surface area contributed by atoms with Gasteiger partial charge in [0.2, 0.25) is 0 Å². The summed E-state index contributed by atoms with van der Waals surface area (Å²) in [4.78, 5) is 6.56. The Morgan fingerprint density at radius 2 is 1.91 bits per heavy atom. The van der Waals surface area contributed by atoms with Gasteiger partial charge in [-0.05, 0) is 39.8 Å². The van der Waals surface area contributed by atoms with Crippen LogP contribution >= 0.6 is 0 Å². The molecule has 1 atom stereocenters. The fraction of sp³-hybridized carbons (Fsp3) is 0.421. The molecule has 0 bridgehead atoms. The predicted octanol–water partition coefficient (Wildman–Crippen LogP) is 3.39. The van der Waals surface area contributed by atoms with Crippen molar-refractivity contribution < 1.29 is 0 Å². The molecule has 1 aliphatic heterocycles. The predicted molar refractivity (Wildman–Crippen MR) is 90.4 cm³/mol. The number of aromatic nitrogens is 1. The van der Waals surface area contributed by atoms with Crippen LogP contribution in [0.15, 0.2) is 42.7 Å². The Labute approximate surface area is 133 Å². The number of benzene rings is 1. The summed E-state index contributed by atoms with van der Waals surface area (Å²) in [5, 5.41) is 0. The van der Waals surface area contributed by atoms with Crippen molar-refractivity contribution in [2.75, 3.05) is 6.54 Å². The Hall–Kier alpha value is -1.71.